The Labute approximate surface area is 154 Å². The van der Waals surface area contributed by atoms with Gasteiger partial charge in [0.05, 0.1) is 11.7 Å². The van der Waals surface area contributed by atoms with Gasteiger partial charge in [-0.05, 0) is 31.2 Å². The predicted octanol–water partition coefficient (Wildman–Crippen LogP) is 0.276. The summed E-state index contributed by atoms with van der Waals surface area (Å²) >= 11 is 0. The summed E-state index contributed by atoms with van der Waals surface area (Å²) in [5.74, 6) is -0.408. The van der Waals surface area contributed by atoms with Crippen LogP contribution < -0.4 is 10.6 Å². The molecule has 3 rings (SSSR count). The highest BCUT2D eigenvalue weighted by molar-refractivity contribution is 7.88. The first-order valence-corrected chi connectivity index (χ1v) is 10.7. The smallest absolute Gasteiger partial charge is 0.242 e. The third kappa shape index (κ3) is 4.07. The van der Waals surface area contributed by atoms with Crippen LogP contribution in [0, 0.1) is 5.41 Å². The third-order valence-electron chi connectivity index (χ3n) is 5.27. The lowest BCUT2D eigenvalue weighted by Gasteiger charge is -2.20. The van der Waals surface area contributed by atoms with Crippen molar-refractivity contribution < 1.29 is 18.0 Å². The van der Waals surface area contributed by atoms with E-state index in [1.807, 2.05) is 18.2 Å². The molecular formula is C18H25N3O4S. The van der Waals surface area contributed by atoms with Crippen molar-refractivity contribution in [3.8, 4) is 0 Å². The number of carbonyl (C=O) groups is 2. The lowest BCUT2D eigenvalue weighted by molar-refractivity contribution is -0.128. The van der Waals surface area contributed by atoms with Crippen LogP contribution in [0.2, 0.25) is 0 Å². The Morgan fingerprint density at radius 1 is 1.35 bits per heavy atom. The van der Waals surface area contributed by atoms with Gasteiger partial charge in [0.15, 0.2) is 0 Å². The minimum absolute atomic E-state index is 0.162. The monoisotopic (exact) mass is 379 g/mol. The summed E-state index contributed by atoms with van der Waals surface area (Å²) in [5, 5.41) is 5.62. The standard InChI is InChI=1S/C18H25N3O4S/c1-26(24,25)21-11-9-18(13-21)12-15(20-17(18)23)16(22)19-10-5-8-14-6-3-2-4-7-14/h2-4,6-7,15H,5,8-13H2,1H3,(H,19,22)(H,20,23)/t15-,18-/m0/s1. The summed E-state index contributed by atoms with van der Waals surface area (Å²) < 4.78 is 24.7. The van der Waals surface area contributed by atoms with Crippen LogP contribution in [-0.4, -0.2) is 56.5 Å². The van der Waals surface area contributed by atoms with Gasteiger partial charge >= 0.3 is 0 Å². The van der Waals surface area contributed by atoms with E-state index < -0.39 is 21.5 Å². The average Bonchev–Trinajstić information content (AvgIpc) is 3.18. The van der Waals surface area contributed by atoms with Crippen molar-refractivity contribution in [2.75, 3.05) is 25.9 Å². The maximum atomic E-state index is 12.4. The zero-order valence-electron chi connectivity index (χ0n) is 14.9. The number of nitrogens with zero attached hydrogens (tertiary/aromatic N) is 1. The maximum absolute atomic E-state index is 12.4. The molecule has 0 aliphatic carbocycles. The fraction of sp³-hybridized carbons (Fsp3) is 0.556. The molecule has 2 heterocycles. The van der Waals surface area contributed by atoms with E-state index in [4.69, 9.17) is 0 Å². The van der Waals surface area contributed by atoms with Crippen LogP contribution >= 0.6 is 0 Å². The number of carbonyl (C=O) groups excluding carboxylic acids is 2. The van der Waals surface area contributed by atoms with Crippen LogP contribution in [0.3, 0.4) is 0 Å². The number of benzene rings is 1. The fourth-order valence-electron chi connectivity index (χ4n) is 3.75. The minimum Gasteiger partial charge on any atom is -0.354 e. The summed E-state index contributed by atoms with van der Waals surface area (Å²) in [5.41, 5.74) is 0.455. The summed E-state index contributed by atoms with van der Waals surface area (Å²) in [4.78, 5) is 24.8. The Bertz CT molecular complexity index is 781. The second-order valence-electron chi connectivity index (χ2n) is 7.24. The number of amides is 2. The van der Waals surface area contributed by atoms with Gasteiger partial charge in [0.25, 0.3) is 0 Å². The van der Waals surface area contributed by atoms with Crippen molar-refractivity contribution in [2.45, 2.75) is 31.7 Å². The Kier molecular flexibility index (Phi) is 5.34. The number of nitrogens with one attached hydrogen (secondary N) is 2. The van der Waals surface area contributed by atoms with Gasteiger partial charge in [0, 0.05) is 19.6 Å². The first-order valence-electron chi connectivity index (χ1n) is 8.88. The molecule has 1 aromatic rings. The number of sulfonamides is 1. The Morgan fingerprint density at radius 3 is 2.73 bits per heavy atom. The van der Waals surface area contributed by atoms with Crippen molar-refractivity contribution in [2.24, 2.45) is 5.41 Å². The van der Waals surface area contributed by atoms with Gasteiger partial charge in [0.1, 0.15) is 6.04 Å². The molecule has 1 aromatic carbocycles. The molecule has 2 N–H and O–H groups in total. The van der Waals surface area contributed by atoms with Crippen LogP contribution in [-0.2, 0) is 26.0 Å². The molecule has 2 amide bonds. The average molecular weight is 379 g/mol. The van der Waals surface area contributed by atoms with Crippen molar-refractivity contribution in [3.63, 3.8) is 0 Å². The van der Waals surface area contributed by atoms with E-state index in [-0.39, 0.29) is 18.4 Å². The van der Waals surface area contributed by atoms with Crippen molar-refractivity contribution in [1.82, 2.24) is 14.9 Å². The third-order valence-corrected chi connectivity index (χ3v) is 6.52. The normalized spacial score (nSPS) is 26.2. The molecule has 0 radical (unpaired) electrons. The Balaban J connectivity index is 1.48. The number of aryl methyl sites for hydroxylation is 1. The number of hydrogen-bond donors (Lipinski definition) is 2. The minimum atomic E-state index is -3.32. The lowest BCUT2D eigenvalue weighted by atomic mass is 9.84. The second-order valence-corrected chi connectivity index (χ2v) is 9.22. The van der Waals surface area contributed by atoms with Gasteiger partial charge in [0.2, 0.25) is 21.8 Å². The van der Waals surface area contributed by atoms with Crippen LogP contribution in [0.1, 0.15) is 24.8 Å². The Morgan fingerprint density at radius 2 is 2.08 bits per heavy atom. The highest BCUT2D eigenvalue weighted by atomic mass is 32.2. The van der Waals surface area contributed by atoms with Gasteiger partial charge < -0.3 is 10.6 Å². The molecule has 2 aliphatic heterocycles. The van der Waals surface area contributed by atoms with E-state index in [2.05, 4.69) is 22.8 Å². The molecule has 2 atom stereocenters. The first-order chi connectivity index (χ1) is 12.3. The number of hydrogen-bond acceptors (Lipinski definition) is 4. The van der Waals surface area contributed by atoms with Crippen LogP contribution in [0.4, 0.5) is 0 Å². The SMILES string of the molecule is CS(=O)(=O)N1CC[C@]2(C[C@@H](C(=O)NCCCc3ccccc3)NC2=O)C1. The highest BCUT2D eigenvalue weighted by Gasteiger charge is 2.53. The molecule has 1 spiro atoms. The van der Waals surface area contributed by atoms with Crippen LogP contribution in [0.25, 0.3) is 0 Å². The van der Waals surface area contributed by atoms with E-state index in [0.29, 0.717) is 25.9 Å². The van der Waals surface area contributed by atoms with Crippen molar-refractivity contribution in [3.05, 3.63) is 35.9 Å². The highest BCUT2D eigenvalue weighted by Crippen LogP contribution is 2.40. The molecule has 7 nitrogen and oxygen atoms in total. The van der Waals surface area contributed by atoms with E-state index >= 15 is 0 Å². The predicted molar refractivity (Wildman–Crippen MR) is 97.8 cm³/mol. The Hall–Kier alpha value is -1.93. The van der Waals surface area contributed by atoms with E-state index in [9.17, 15) is 18.0 Å². The summed E-state index contributed by atoms with van der Waals surface area (Å²) in [6.07, 6.45) is 3.66. The molecule has 142 valence electrons. The van der Waals surface area contributed by atoms with Gasteiger partial charge in [-0.15, -0.1) is 0 Å². The fourth-order valence-corrected chi connectivity index (χ4v) is 4.65. The molecule has 0 bridgehead atoms. The van der Waals surface area contributed by atoms with Gasteiger partial charge in [-0.3, -0.25) is 9.59 Å². The molecule has 0 unspecified atom stereocenters. The van der Waals surface area contributed by atoms with E-state index in [1.165, 1.54) is 9.87 Å². The topological polar surface area (TPSA) is 95.6 Å². The second kappa shape index (κ2) is 7.36. The quantitative estimate of drug-likeness (QED) is 0.694. The van der Waals surface area contributed by atoms with Crippen molar-refractivity contribution >= 4 is 21.8 Å². The molecular weight excluding hydrogens is 354 g/mol. The lowest BCUT2D eigenvalue weighted by Crippen LogP contribution is -2.42. The summed E-state index contributed by atoms with van der Waals surface area (Å²) in [6.45, 7) is 1.04. The first kappa shape index (κ1) is 18.8. The zero-order valence-corrected chi connectivity index (χ0v) is 15.7. The largest absolute Gasteiger partial charge is 0.354 e. The van der Waals surface area contributed by atoms with Crippen LogP contribution in [0.15, 0.2) is 30.3 Å². The molecule has 0 aromatic heterocycles. The summed E-state index contributed by atoms with van der Waals surface area (Å²) in [6, 6.07) is 9.47. The molecule has 8 heteroatoms. The van der Waals surface area contributed by atoms with E-state index in [1.54, 1.807) is 0 Å². The van der Waals surface area contributed by atoms with E-state index in [0.717, 1.165) is 19.1 Å². The summed E-state index contributed by atoms with van der Waals surface area (Å²) in [7, 11) is -3.32. The van der Waals surface area contributed by atoms with Gasteiger partial charge in [-0.2, -0.15) is 0 Å². The van der Waals surface area contributed by atoms with Crippen LogP contribution in [0.5, 0.6) is 0 Å². The van der Waals surface area contributed by atoms with Gasteiger partial charge in [-0.25, -0.2) is 12.7 Å². The molecule has 2 aliphatic rings. The molecule has 0 saturated carbocycles. The molecule has 2 saturated heterocycles. The maximum Gasteiger partial charge on any atom is 0.242 e. The zero-order chi connectivity index (χ0) is 18.8. The molecule has 26 heavy (non-hydrogen) atoms. The molecule has 2 fully saturated rings. The van der Waals surface area contributed by atoms with Crippen molar-refractivity contribution in [1.29, 1.82) is 0 Å². The van der Waals surface area contributed by atoms with Gasteiger partial charge in [-0.1, -0.05) is 30.3 Å². The number of rotatable bonds is 6.